The summed E-state index contributed by atoms with van der Waals surface area (Å²) in [5.74, 6) is -0.938. The van der Waals surface area contributed by atoms with Crippen LogP contribution in [0.3, 0.4) is 0 Å². The van der Waals surface area contributed by atoms with Gasteiger partial charge >= 0.3 is 5.97 Å². The number of esters is 1. The molecular weight excluding hydrogens is 250 g/mol. The smallest absolute Gasteiger partial charge is 0.349 e. The monoisotopic (exact) mass is 267 g/mol. The maximum Gasteiger partial charge on any atom is 0.349 e. The highest BCUT2D eigenvalue weighted by atomic mass is 32.2. The van der Waals surface area contributed by atoms with Crippen LogP contribution in [0, 0.1) is 0 Å². The summed E-state index contributed by atoms with van der Waals surface area (Å²) < 4.78 is 4.89. The molecule has 1 N–H and O–H groups in total. The number of carbonyl (C=O) groups excluding carboxylic acids is 2. The predicted octanol–water partition coefficient (Wildman–Crippen LogP) is 1.89. The number of hydrogen-bond donors (Lipinski definition) is 1. The van der Waals surface area contributed by atoms with E-state index in [1.807, 2.05) is 30.7 Å². The van der Waals surface area contributed by atoms with Gasteiger partial charge in [0.25, 0.3) is 5.91 Å². The summed E-state index contributed by atoms with van der Waals surface area (Å²) in [7, 11) is -0.459. The van der Waals surface area contributed by atoms with Gasteiger partial charge in [0.1, 0.15) is 4.86 Å². The third kappa shape index (κ3) is 4.00. The van der Waals surface area contributed by atoms with E-state index in [-0.39, 0.29) is 11.5 Å². The van der Waals surface area contributed by atoms with E-state index in [4.69, 9.17) is 4.74 Å². The molecule has 0 aromatic heterocycles. The van der Waals surface area contributed by atoms with Gasteiger partial charge in [0.15, 0.2) is 0 Å². The van der Waals surface area contributed by atoms with E-state index < -0.39 is 22.4 Å². The number of hydrogen-bond acceptors (Lipinski definition) is 3. The fourth-order valence-electron chi connectivity index (χ4n) is 1.35. The molecule has 18 heavy (non-hydrogen) atoms. The van der Waals surface area contributed by atoms with E-state index in [1.54, 1.807) is 19.1 Å². The van der Waals surface area contributed by atoms with Crippen molar-refractivity contribution < 1.29 is 14.3 Å². The summed E-state index contributed by atoms with van der Waals surface area (Å²) in [6.45, 7) is 1.98. The second-order valence-electron chi connectivity index (χ2n) is 3.69. The zero-order chi connectivity index (χ0) is 13.5. The number of anilines is 1. The van der Waals surface area contributed by atoms with Crippen LogP contribution < -0.4 is 5.32 Å². The fraction of sp³-hybridized carbons (Fsp3) is 0.308. The number of carbonyl (C=O) groups is 2. The molecule has 4 nitrogen and oxygen atoms in total. The molecule has 0 radical (unpaired) electrons. The van der Waals surface area contributed by atoms with Crippen LogP contribution in [0.5, 0.6) is 0 Å². The second-order valence-corrected chi connectivity index (χ2v) is 5.73. The van der Waals surface area contributed by atoms with E-state index in [0.29, 0.717) is 5.69 Å². The molecule has 1 rings (SSSR count). The van der Waals surface area contributed by atoms with Gasteiger partial charge in [0.05, 0.1) is 6.61 Å². The molecule has 0 spiro atoms. The lowest BCUT2D eigenvalue weighted by Gasteiger charge is -2.10. The highest BCUT2D eigenvalue weighted by molar-refractivity contribution is 8.16. The summed E-state index contributed by atoms with van der Waals surface area (Å²) >= 11 is 0. The summed E-state index contributed by atoms with van der Waals surface area (Å²) in [5.41, 5.74) is 0.662. The van der Waals surface area contributed by atoms with Crippen LogP contribution in [-0.4, -0.2) is 35.9 Å². The summed E-state index contributed by atoms with van der Waals surface area (Å²) in [6, 6.07) is 9.03. The highest BCUT2D eigenvalue weighted by Gasteiger charge is 2.21. The molecule has 0 aliphatic heterocycles. The molecule has 0 aliphatic carbocycles. The lowest BCUT2D eigenvalue weighted by atomic mass is 10.3. The minimum Gasteiger partial charge on any atom is -0.462 e. The lowest BCUT2D eigenvalue weighted by molar-refractivity contribution is -0.135. The molecule has 0 aliphatic rings. The summed E-state index contributed by atoms with van der Waals surface area (Å²) in [5, 5.41) is 2.69. The van der Waals surface area contributed by atoms with Crippen LogP contribution >= 0.6 is 10.5 Å². The van der Waals surface area contributed by atoms with Gasteiger partial charge in [-0.15, -0.1) is 0 Å². The van der Waals surface area contributed by atoms with Gasteiger partial charge in [-0.1, -0.05) is 18.2 Å². The molecule has 0 heterocycles. The molecule has 1 amide bonds. The molecule has 5 heteroatoms. The van der Waals surface area contributed by atoms with Gasteiger partial charge in [0, 0.05) is 5.69 Å². The van der Waals surface area contributed by atoms with Crippen molar-refractivity contribution in [2.24, 2.45) is 0 Å². The first-order valence-electron chi connectivity index (χ1n) is 5.54. The largest absolute Gasteiger partial charge is 0.462 e. The Morgan fingerprint density at radius 3 is 2.33 bits per heavy atom. The zero-order valence-corrected chi connectivity index (χ0v) is 11.5. The van der Waals surface area contributed by atoms with Crippen LogP contribution in [0.1, 0.15) is 6.92 Å². The van der Waals surface area contributed by atoms with Gasteiger partial charge in [-0.3, -0.25) is 4.79 Å². The predicted molar refractivity (Wildman–Crippen MR) is 76.2 cm³/mol. The maximum atomic E-state index is 12.0. The fourth-order valence-corrected chi connectivity index (χ4v) is 2.16. The first kappa shape index (κ1) is 14.4. The number of nitrogens with one attached hydrogen (secondary N) is 1. The first-order chi connectivity index (χ1) is 8.56. The molecule has 0 bridgehead atoms. The summed E-state index contributed by atoms with van der Waals surface area (Å²) in [4.78, 5) is 23.9. The Kier molecular flexibility index (Phi) is 5.58. The van der Waals surface area contributed by atoms with Gasteiger partial charge in [-0.05, 0) is 31.6 Å². The Balaban J connectivity index is 2.86. The normalized spacial score (nSPS) is 10.0. The topological polar surface area (TPSA) is 55.4 Å². The maximum absolute atomic E-state index is 12.0. The van der Waals surface area contributed by atoms with Gasteiger partial charge in [-0.2, -0.15) is 10.5 Å². The van der Waals surface area contributed by atoms with Gasteiger partial charge in [-0.25, -0.2) is 4.79 Å². The number of rotatable bonds is 4. The lowest BCUT2D eigenvalue weighted by Crippen LogP contribution is -2.31. The molecule has 0 fully saturated rings. The Morgan fingerprint density at radius 1 is 1.22 bits per heavy atom. The van der Waals surface area contributed by atoms with E-state index in [2.05, 4.69) is 5.32 Å². The Hall–Kier alpha value is -1.62. The third-order valence-electron chi connectivity index (χ3n) is 2.11. The number of ether oxygens (including phenoxy) is 1. The van der Waals surface area contributed by atoms with E-state index in [1.165, 1.54) is 0 Å². The molecule has 0 unspecified atom stereocenters. The Bertz CT molecular complexity index is 464. The second kappa shape index (κ2) is 6.96. The van der Waals surface area contributed by atoms with E-state index in [9.17, 15) is 9.59 Å². The van der Waals surface area contributed by atoms with Crippen molar-refractivity contribution in [3.63, 3.8) is 0 Å². The minimum absolute atomic E-state index is 0.167. The third-order valence-corrected chi connectivity index (χ3v) is 3.28. The van der Waals surface area contributed by atoms with Gasteiger partial charge in [0.2, 0.25) is 0 Å². The van der Waals surface area contributed by atoms with Crippen LogP contribution in [0.4, 0.5) is 5.69 Å². The van der Waals surface area contributed by atoms with Crippen LogP contribution in [0.2, 0.25) is 0 Å². The Morgan fingerprint density at radius 2 is 1.83 bits per heavy atom. The zero-order valence-electron chi connectivity index (χ0n) is 10.7. The Labute approximate surface area is 109 Å². The molecule has 0 saturated heterocycles. The van der Waals surface area contributed by atoms with Crippen LogP contribution in [-0.2, 0) is 14.3 Å². The van der Waals surface area contributed by atoms with Gasteiger partial charge < -0.3 is 10.1 Å². The molecule has 1 aromatic rings. The SMILES string of the molecule is CCOC(=O)C(C(=O)Nc1ccccc1)=S(C)C. The highest BCUT2D eigenvalue weighted by Crippen LogP contribution is 2.10. The van der Waals surface area contributed by atoms with Crippen LogP contribution in [0.15, 0.2) is 30.3 Å². The number of benzene rings is 1. The van der Waals surface area contributed by atoms with Crippen LogP contribution in [0.25, 0.3) is 0 Å². The van der Waals surface area contributed by atoms with Crippen molar-refractivity contribution in [2.45, 2.75) is 6.92 Å². The van der Waals surface area contributed by atoms with E-state index >= 15 is 0 Å². The quantitative estimate of drug-likeness (QED) is 0.515. The van der Waals surface area contributed by atoms with Crippen molar-refractivity contribution in [2.75, 3.05) is 24.4 Å². The minimum atomic E-state index is -0.542. The van der Waals surface area contributed by atoms with Crippen molar-refractivity contribution >= 4 is 32.9 Å². The molecular formula is C13H17NO3S. The number of amides is 1. The van der Waals surface area contributed by atoms with Crippen molar-refractivity contribution in [1.82, 2.24) is 0 Å². The summed E-state index contributed by atoms with van der Waals surface area (Å²) in [6.07, 6.45) is 3.63. The van der Waals surface area contributed by atoms with Crippen molar-refractivity contribution in [1.29, 1.82) is 0 Å². The first-order valence-corrected chi connectivity index (χ1v) is 7.58. The van der Waals surface area contributed by atoms with E-state index in [0.717, 1.165) is 0 Å². The van der Waals surface area contributed by atoms with Crippen molar-refractivity contribution in [3.8, 4) is 0 Å². The van der Waals surface area contributed by atoms with Crippen molar-refractivity contribution in [3.05, 3.63) is 30.3 Å². The molecule has 98 valence electrons. The molecule has 0 atom stereocenters. The average molecular weight is 267 g/mol. The molecule has 0 saturated carbocycles. The average Bonchev–Trinajstić information content (AvgIpc) is 2.30. The standard InChI is InChI=1S/C13H17NO3S/c1-4-17-13(16)11(18(2)3)12(15)14-10-8-6-5-7-9-10/h5-9H,4H2,1-3H3,(H,14,15). The number of para-hydroxylation sites is 1. The molecule has 1 aromatic carbocycles.